The molecule has 1 rings (SSSR count). The van der Waals surface area contributed by atoms with Gasteiger partial charge in [0.2, 0.25) is 0 Å². The number of hydrogen-bond donors (Lipinski definition) is 2. The maximum atomic E-state index is 7.15. The van der Waals surface area contributed by atoms with Gasteiger partial charge < -0.3 is 15.4 Å². The third kappa shape index (κ3) is 4.07. The highest BCUT2D eigenvalue weighted by Crippen LogP contribution is 2.17. The Morgan fingerprint density at radius 2 is 2.14 bits per heavy atom. The molecule has 14 heavy (non-hydrogen) atoms. The lowest BCUT2D eigenvalue weighted by molar-refractivity contribution is 0.101. The number of hydrogen-bond acceptors (Lipinski definition) is 3. The van der Waals surface area contributed by atoms with Crippen LogP contribution < -0.4 is 5.73 Å². The lowest BCUT2D eigenvalue weighted by atomic mass is 9.98. The Kier molecular flexibility index (Phi) is 4.90. The number of nitrogens with zero attached hydrogens (tertiary/aromatic N) is 1. The predicted molar refractivity (Wildman–Crippen MR) is 57.6 cm³/mol. The molecule has 0 aliphatic carbocycles. The molecule has 0 unspecified atom stereocenters. The van der Waals surface area contributed by atoms with E-state index in [0.29, 0.717) is 12.3 Å². The fourth-order valence-electron chi connectivity index (χ4n) is 1.89. The van der Waals surface area contributed by atoms with Crippen molar-refractivity contribution in [2.45, 2.75) is 19.3 Å². The predicted octanol–water partition coefficient (Wildman–Crippen LogP) is 0.671. The molecule has 3 N–H and O–H groups in total. The summed E-state index contributed by atoms with van der Waals surface area (Å²) < 4.78 is 5.14. The van der Waals surface area contributed by atoms with E-state index in [1.165, 1.54) is 12.8 Å². The van der Waals surface area contributed by atoms with Crippen LogP contribution in [0.4, 0.5) is 0 Å². The Morgan fingerprint density at radius 3 is 2.64 bits per heavy atom. The topological polar surface area (TPSA) is 62.3 Å². The largest absolute Gasteiger partial charge is 0.388 e. The summed E-state index contributed by atoms with van der Waals surface area (Å²) in [5.74, 6) is 1.03. The van der Waals surface area contributed by atoms with Gasteiger partial charge in [0.1, 0.15) is 0 Å². The second-order valence-corrected chi connectivity index (χ2v) is 4.02. The fraction of sp³-hybridized carbons (Fsp3) is 0.900. The van der Waals surface area contributed by atoms with E-state index in [1.807, 2.05) is 0 Å². The zero-order valence-electron chi connectivity index (χ0n) is 8.96. The standard InChI is InChI=1S/C10H21N3O/c1-14-8-9-2-5-13(6-3-9)7-4-10(11)12/h9H,2-8H2,1H3,(H3,11,12). The molecule has 1 saturated heterocycles. The lowest BCUT2D eigenvalue weighted by Crippen LogP contribution is -2.36. The maximum Gasteiger partial charge on any atom is 0.0918 e. The van der Waals surface area contributed by atoms with Crippen LogP contribution in [0.5, 0.6) is 0 Å². The minimum absolute atomic E-state index is 0.295. The highest BCUT2D eigenvalue weighted by molar-refractivity contribution is 5.76. The minimum Gasteiger partial charge on any atom is -0.388 e. The highest BCUT2D eigenvalue weighted by Gasteiger charge is 2.18. The molecule has 1 aliphatic rings. The number of amidine groups is 1. The highest BCUT2D eigenvalue weighted by atomic mass is 16.5. The Balaban J connectivity index is 2.12. The van der Waals surface area contributed by atoms with Crippen LogP contribution >= 0.6 is 0 Å². The van der Waals surface area contributed by atoms with Crippen molar-refractivity contribution in [2.24, 2.45) is 11.7 Å². The molecule has 0 saturated carbocycles. The van der Waals surface area contributed by atoms with E-state index in [1.54, 1.807) is 7.11 Å². The van der Waals surface area contributed by atoms with Gasteiger partial charge in [-0.05, 0) is 31.8 Å². The molecule has 0 aromatic heterocycles. The lowest BCUT2D eigenvalue weighted by Gasteiger charge is -2.31. The fourth-order valence-corrected chi connectivity index (χ4v) is 1.89. The molecule has 0 radical (unpaired) electrons. The van der Waals surface area contributed by atoms with E-state index < -0.39 is 0 Å². The Labute approximate surface area is 85.9 Å². The van der Waals surface area contributed by atoms with E-state index in [4.69, 9.17) is 15.9 Å². The van der Waals surface area contributed by atoms with E-state index in [-0.39, 0.29) is 0 Å². The van der Waals surface area contributed by atoms with Crippen molar-refractivity contribution in [3.8, 4) is 0 Å². The molecule has 82 valence electrons. The Hall–Kier alpha value is -0.610. The first kappa shape index (κ1) is 11.5. The van der Waals surface area contributed by atoms with Crippen LogP contribution in [0.2, 0.25) is 0 Å². The molecule has 1 heterocycles. The molecule has 0 amide bonds. The van der Waals surface area contributed by atoms with Crippen LogP contribution in [0.1, 0.15) is 19.3 Å². The maximum absolute atomic E-state index is 7.15. The summed E-state index contributed by atoms with van der Waals surface area (Å²) in [7, 11) is 1.77. The van der Waals surface area contributed by atoms with Crippen LogP contribution in [0, 0.1) is 11.3 Å². The average Bonchev–Trinajstić information content (AvgIpc) is 2.17. The molecule has 4 nitrogen and oxygen atoms in total. The summed E-state index contributed by atoms with van der Waals surface area (Å²) in [4.78, 5) is 2.38. The molecule has 0 atom stereocenters. The second kappa shape index (κ2) is 5.98. The quantitative estimate of drug-likeness (QED) is 0.505. The molecular weight excluding hydrogens is 178 g/mol. The zero-order chi connectivity index (χ0) is 10.4. The van der Waals surface area contributed by atoms with Gasteiger partial charge in [-0.1, -0.05) is 0 Å². The third-order valence-electron chi connectivity index (χ3n) is 2.81. The normalized spacial score (nSPS) is 19.8. The number of ether oxygens (including phenoxy) is 1. The first-order valence-electron chi connectivity index (χ1n) is 5.26. The van der Waals surface area contributed by atoms with Crippen molar-refractivity contribution in [1.82, 2.24) is 4.90 Å². The number of rotatable bonds is 5. The molecule has 0 bridgehead atoms. The first-order valence-corrected chi connectivity index (χ1v) is 5.26. The Morgan fingerprint density at radius 1 is 1.50 bits per heavy atom. The molecule has 1 aliphatic heterocycles. The van der Waals surface area contributed by atoms with Crippen LogP contribution in [0.3, 0.4) is 0 Å². The zero-order valence-corrected chi connectivity index (χ0v) is 8.96. The number of likely N-dealkylation sites (tertiary alicyclic amines) is 1. The molecular formula is C10H21N3O. The minimum atomic E-state index is 0.295. The smallest absolute Gasteiger partial charge is 0.0918 e. The van der Waals surface area contributed by atoms with Crippen molar-refractivity contribution < 1.29 is 4.74 Å². The first-order chi connectivity index (χ1) is 6.72. The van der Waals surface area contributed by atoms with Gasteiger partial charge in [0.15, 0.2) is 0 Å². The monoisotopic (exact) mass is 199 g/mol. The summed E-state index contributed by atoms with van der Waals surface area (Å²) in [5, 5.41) is 7.15. The van der Waals surface area contributed by atoms with Gasteiger partial charge in [0.05, 0.1) is 5.84 Å². The number of nitrogens with one attached hydrogen (secondary N) is 1. The van der Waals surface area contributed by atoms with E-state index >= 15 is 0 Å². The van der Waals surface area contributed by atoms with Gasteiger partial charge in [-0.2, -0.15) is 0 Å². The van der Waals surface area contributed by atoms with Crippen LogP contribution in [0.15, 0.2) is 0 Å². The molecule has 0 aromatic carbocycles. The van der Waals surface area contributed by atoms with Crippen molar-refractivity contribution in [3.63, 3.8) is 0 Å². The van der Waals surface area contributed by atoms with Gasteiger partial charge in [0, 0.05) is 26.7 Å². The second-order valence-electron chi connectivity index (χ2n) is 4.02. The van der Waals surface area contributed by atoms with Crippen LogP contribution in [0.25, 0.3) is 0 Å². The Bertz CT molecular complexity index is 176. The summed E-state index contributed by atoms with van der Waals surface area (Å²) in [5.41, 5.74) is 5.32. The number of methoxy groups -OCH3 is 1. The van der Waals surface area contributed by atoms with Gasteiger partial charge in [0.25, 0.3) is 0 Å². The SMILES string of the molecule is COCC1CCN(CCC(=N)N)CC1. The van der Waals surface area contributed by atoms with Crippen LogP contribution in [-0.4, -0.2) is 44.1 Å². The van der Waals surface area contributed by atoms with Crippen molar-refractivity contribution in [1.29, 1.82) is 5.41 Å². The summed E-state index contributed by atoms with van der Waals surface area (Å²) in [6.07, 6.45) is 3.13. The van der Waals surface area contributed by atoms with E-state index in [9.17, 15) is 0 Å². The van der Waals surface area contributed by atoms with Crippen LogP contribution in [-0.2, 0) is 4.74 Å². The number of piperidine rings is 1. The third-order valence-corrected chi connectivity index (χ3v) is 2.81. The van der Waals surface area contributed by atoms with Gasteiger partial charge in [-0.25, -0.2) is 0 Å². The van der Waals surface area contributed by atoms with Crippen molar-refractivity contribution >= 4 is 5.84 Å². The molecule has 0 spiro atoms. The summed E-state index contributed by atoms with van der Waals surface area (Å²) in [6.45, 7) is 4.08. The van der Waals surface area contributed by atoms with E-state index in [2.05, 4.69) is 4.90 Å². The summed E-state index contributed by atoms with van der Waals surface area (Å²) in [6, 6.07) is 0. The summed E-state index contributed by atoms with van der Waals surface area (Å²) >= 11 is 0. The van der Waals surface area contributed by atoms with Gasteiger partial charge in [-0.3, -0.25) is 5.41 Å². The molecule has 0 aromatic rings. The van der Waals surface area contributed by atoms with E-state index in [0.717, 1.165) is 32.2 Å². The number of nitrogens with two attached hydrogens (primary N) is 1. The van der Waals surface area contributed by atoms with Crippen molar-refractivity contribution in [2.75, 3.05) is 33.4 Å². The average molecular weight is 199 g/mol. The van der Waals surface area contributed by atoms with Gasteiger partial charge in [-0.15, -0.1) is 0 Å². The molecule has 4 heteroatoms. The van der Waals surface area contributed by atoms with Crippen molar-refractivity contribution in [3.05, 3.63) is 0 Å². The molecule has 1 fully saturated rings. The van der Waals surface area contributed by atoms with Gasteiger partial charge >= 0.3 is 0 Å².